The van der Waals surface area contributed by atoms with Crippen LogP contribution in [0.3, 0.4) is 0 Å². The number of carbonyl (C=O) groups excluding carboxylic acids is 2. The maximum Gasteiger partial charge on any atom is 0.262 e. The van der Waals surface area contributed by atoms with Crippen molar-refractivity contribution in [3.8, 4) is 5.75 Å². The molecule has 9 heteroatoms. The van der Waals surface area contributed by atoms with Gasteiger partial charge in [0.15, 0.2) is 6.61 Å². The Morgan fingerprint density at radius 3 is 2.84 bits per heavy atom. The monoisotopic (exact) mass is 457 g/mol. The second kappa shape index (κ2) is 8.91. The quantitative estimate of drug-likeness (QED) is 0.718. The van der Waals surface area contributed by atoms with Crippen LogP contribution in [0.15, 0.2) is 41.3 Å². The maximum absolute atomic E-state index is 13.4. The number of ether oxygens (including phenoxy) is 1. The van der Waals surface area contributed by atoms with Gasteiger partial charge in [-0.05, 0) is 49.4 Å². The van der Waals surface area contributed by atoms with Gasteiger partial charge in [-0.1, -0.05) is 25.1 Å². The number of sulfonamides is 1. The molecule has 2 aliphatic heterocycles. The largest absolute Gasteiger partial charge is 0.482 e. The highest BCUT2D eigenvalue weighted by atomic mass is 32.2. The van der Waals surface area contributed by atoms with Gasteiger partial charge < -0.3 is 15.4 Å². The van der Waals surface area contributed by atoms with Crippen LogP contribution in [0.5, 0.6) is 5.75 Å². The van der Waals surface area contributed by atoms with Gasteiger partial charge in [-0.3, -0.25) is 9.59 Å². The van der Waals surface area contributed by atoms with E-state index in [0.29, 0.717) is 36.4 Å². The summed E-state index contributed by atoms with van der Waals surface area (Å²) in [5.41, 5.74) is 2.78. The van der Waals surface area contributed by atoms with Crippen LogP contribution in [-0.2, 0) is 26.0 Å². The zero-order chi connectivity index (χ0) is 22.9. The minimum Gasteiger partial charge on any atom is -0.482 e. The Bertz CT molecular complexity index is 1160. The third-order valence-corrected chi connectivity index (χ3v) is 7.95. The third kappa shape index (κ3) is 4.35. The molecule has 2 aromatic rings. The molecule has 0 unspecified atom stereocenters. The summed E-state index contributed by atoms with van der Waals surface area (Å²) in [6.07, 6.45) is 2.02. The molecule has 0 saturated carbocycles. The van der Waals surface area contributed by atoms with Crippen molar-refractivity contribution in [3.63, 3.8) is 0 Å². The SMILES string of the molecule is CCc1ccccc1NC(=O)[C@H]1CCCN(S(=O)(=O)c2cc3c(cc2C)NC(=O)CO3)C1. The number of carbonyl (C=O) groups is 2. The van der Waals surface area contributed by atoms with Crippen molar-refractivity contribution in [1.82, 2.24) is 4.31 Å². The van der Waals surface area contributed by atoms with Crippen LogP contribution in [0.25, 0.3) is 0 Å². The van der Waals surface area contributed by atoms with E-state index < -0.39 is 15.9 Å². The Hall–Kier alpha value is -2.91. The van der Waals surface area contributed by atoms with Gasteiger partial charge in [0.2, 0.25) is 15.9 Å². The Labute approximate surface area is 188 Å². The average molecular weight is 458 g/mol. The smallest absolute Gasteiger partial charge is 0.262 e. The number of aryl methyl sites for hydroxylation is 2. The number of benzene rings is 2. The van der Waals surface area contributed by atoms with Gasteiger partial charge in [0.25, 0.3) is 5.91 Å². The molecule has 1 fully saturated rings. The van der Waals surface area contributed by atoms with E-state index >= 15 is 0 Å². The summed E-state index contributed by atoms with van der Waals surface area (Å²) in [5.74, 6) is -0.547. The molecule has 2 heterocycles. The molecule has 0 radical (unpaired) electrons. The summed E-state index contributed by atoms with van der Waals surface area (Å²) in [7, 11) is -3.83. The molecule has 1 saturated heterocycles. The number of anilines is 2. The van der Waals surface area contributed by atoms with Gasteiger partial charge in [0.1, 0.15) is 5.75 Å². The van der Waals surface area contributed by atoms with E-state index in [1.165, 1.54) is 10.4 Å². The summed E-state index contributed by atoms with van der Waals surface area (Å²) in [4.78, 5) is 24.6. The van der Waals surface area contributed by atoms with E-state index in [1.807, 2.05) is 31.2 Å². The molecular formula is C23H27N3O5S. The van der Waals surface area contributed by atoms with Crippen LogP contribution in [0.2, 0.25) is 0 Å². The topological polar surface area (TPSA) is 105 Å². The molecule has 0 aromatic heterocycles. The fourth-order valence-corrected chi connectivity index (χ4v) is 5.94. The zero-order valence-electron chi connectivity index (χ0n) is 18.2. The molecule has 2 aliphatic rings. The van der Waals surface area contributed by atoms with Crippen molar-refractivity contribution >= 4 is 33.2 Å². The molecule has 0 spiro atoms. The summed E-state index contributed by atoms with van der Waals surface area (Å²) >= 11 is 0. The van der Waals surface area contributed by atoms with Gasteiger partial charge in [-0.2, -0.15) is 4.31 Å². The maximum atomic E-state index is 13.4. The minimum absolute atomic E-state index is 0.122. The Balaban J connectivity index is 1.54. The highest BCUT2D eigenvalue weighted by Gasteiger charge is 2.35. The first kappa shape index (κ1) is 22.3. The number of rotatable bonds is 5. The number of hydrogen-bond donors (Lipinski definition) is 2. The summed E-state index contributed by atoms with van der Waals surface area (Å²) in [5, 5.41) is 5.67. The fraction of sp³-hybridized carbons (Fsp3) is 0.391. The van der Waals surface area contributed by atoms with E-state index in [-0.39, 0.29) is 29.9 Å². The number of piperidine rings is 1. The van der Waals surface area contributed by atoms with E-state index in [9.17, 15) is 18.0 Å². The van der Waals surface area contributed by atoms with Crippen molar-refractivity contribution in [1.29, 1.82) is 0 Å². The molecule has 4 rings (SSSR count). The third-order valence-electron chi connectivity index (χ3n) is 5.94. The summed E-state index contributed by atoms with van der Waals surface area (Å²) in [6.45, 7) is 4.03. The first-order valence-electron chi connectivity index (χ1n) is 10.8. The van der Waals surface area contributed by atoms with Crippen molar-refractivity contribution in [2.45, 2.75) is 38.0 Å². The number of amides is 2. The molecule has 1 atom stereocenters. The van der Waals surface area contributed by atoms with Gasteiger partial charge in [0.05, 0.1) is 16.5 Å². The van der Waals surface area contributed by atoms with E-state index in [0.717, 1.165) is 17.7 Å². The van der Waals surface area contributed by atoms with E-state index in [2.05, 4.69) is 10.6 Å². The predicted molar refractivity (Wildman–Crippen MR) is 121 cm³/mol. The highest BCUT2D eigenvalue weighted by Crippen LogP contribution is 2.35. The van der Waals surface area contributed by atoms with Crippen LogP contribution in [0, 0.1) is 12.8 Å². The van der Waals surface area contributed by atoms with Crippen molar-refractivity contribution in [3.05, 3.63) is 47.5 Å². The number of nitrogens with zero attached hydrogens (tertiary/aromatic N) is 1. The first-order valence-corrected chi connectivity index (χ1v) is 12.2. The van der Waals surface area contributed by atoms with Crippen molar-refractivity contribution in [2.24, 2.45) is 5.92 Å². The molecule has 2 N–H and O–H groups in total. The lowest BCUT2D eigenvalue weighted by molar-refractivity contribution is -0.121. The molecule has 2 aromatic carbocycles. The van der Waals surface area contributed by atoms with Crippen molar-refractivity contribution < 1.29 is 22.7 Å². The van der Waals surface area contributed by atoms with E-state index in [1.54, 1.807) is 13.0 Å². The number of nitrogens with one attached hydrogen (secondary N) is 2. The second-order valence-corrected chi connectivity index (χ2v) is 10.1. The van der Waals surface area contributed by atoms with E-state index in [4.69, 9.17) is 4.74 Å². The van der Waals surface area contributed by atoms with Gasteiger partial charge >= 0.3 is 0 Å². The number of fused-ring (bicyclic) bond motifs is 1. The summed E-state index contributed by atoms with van der Waals surface area (Å²) < 4.78 is 33.7. The molecule has 0 bridgehead atoms. The Morgan fingerprint density at radius 2 is 2.06 bits per heavy atom. The van der Waals surface area contributed by atoms with Gasteiger partial charge in [0, 0.05) is 24.8 Å². The molecule has 32 heavy (non-hydrogen) atoms. The number of hydrogen-bond acceptors (Lipinski definition) is 5. The zero-order valence-corrected chi connectivity index (χ0v) is 19.0. The predicted octanol–water partition coefficient (Wildman–Crippen LogP) is 2.93. The lowest BCUT2D eigenvalue weighted by atomic mass is 9.98. The van der Waals surface area contributed by atoms with Crippen LogP contribution in [0.4, 0.5) is 11.4 Å². The van der Waals surface area contributed by atoms with Crippen LogP contribution in [-0.4, -0.2) is 44.2 Å². The van der Waals surface area contributed by atoms with Gasteiger partial charge in [-0.15, -0.1) is 0 Å². The Morgan fingerprint density at radius 1 is 1.28 bits per heavy atom. The second-order valence-electron chi connectivity index (χ2n) is 8.15. The van der Waals surface area contributed by atoms with Crippen LogP contribution in [0.1, 0.15) is 30.9 Å². The molecular weight excluding hydrogens is 430 g/mol. The van der Waals surface area contributed by atoms with Crippen molar-refractivity contribution in [2.75, 3.05) is 30.3 Å². The minimum atomic E-state index is -3.83. The average Bonchev–Trinajstić information content (AvgIpc) is 2.78. The summed E-state index contributed by atoms with van der Waals surface area (Å²) in [6, 6.07) is 10.7. The fourth-order valence-electron chi connectivity index (χ4n) is 4.19. The van der Waals surface area contributed by atoms with Gasteiger partial charge in [-0.25, -0.2) is 8.42 Å². The highest BCUT2D eigenvalue weighted by molar-refractivity contribution is 7.89. The van der Waals surface area contributed by atoms with Crippen LogP contribution >= 0.6 is 0 Å². The lowest BCUT2D eigenvalue weighted by Gasteiger charge is -2.32. The number of para-hydroxylation sites is 1. The molecule has 2 amide bonds. The lowest BCUT2D eigenvalue weighted by Crippen LogP contribution is -2.44. The normalized spacial score (nSPS) is 18.9. The standard InChI is InChI=1S/C23H27N3O5S/c1-3-16-7-4-5-9-18(16)25-23(28)17-8-6-10-26(13-17)32(29,30)21-12-20-19(11-15(21)2)24-22(27)14-31-20/h4-5,7,9,11-12,17H,3,6,8,10,13-14H2,1-2H3,(H,24,27)(H,25,28)/t17-/m0/s1. The molecule has 0 aliphatic carbocycles. The molecule has 170 valence electrons. The molecule has 8 nitrogen and oxygen atoms in total. The Kier molecular flexibility index (Phi) is 6.21. The van der Waals surface area contributed by atoms with Crippen LogP contribution < -0.4 is 15.4 Å². The first-order chi connectivity index (χ1) is 15.3.